The molecule has 0 bridgehead atoms. The van der Waals surface area contributed by atoms with Crippen LogP contribution in [0.5, 0.6) is 0 Å². The Bertz CT molecular complexity index is 2000. The molecule has 0 aliphatic rings. The van der Waals surface area contributed by atoms with Crippen LogP contribution in [0.15, 0.2) is 133 Å². The maximum Gasteiger partial charge on any atom is 0.254 e. The van der Waals surface area contributed by atoms with Crippen molar-refractivity contribution in [3.63, 3.8) is 0 Å². The van der Waals surface area contributed by atoms with Gasteiger partial charge in [-0.05, 0) is 98.9 Å². The fourth-order valence-electron chi connectivity index (χ4n) is 7.43. The summed E-state index contributed by atoms with van der Waals surface area (Å²) in [5, 5.41) is 21.6. The van der Waals surface area contributed by atoms with Gasteiger partial charge in [0, 0.05) is 24.2 Å². The second-order valence-corrected chi connectivity index (χ2v) is 15.4. The van der Waals surface area contributed by atoms with Gasteiger partial charge in [-0.2, -0.15) is 0 Å². The largest absolute Gasteiger partial charge is 0.395 e. The number of carbonyl (C=O) groups excluding carboxylic acids is 2. The minimum atomic E-state index is -0.770. The van der Waals surface area contributed by atoms with Crippen LogP contribution in [-0.4, -0.2) is 64.2 Å². The highest BCUT2D eigenvalue weighted by Gasteiger charge is 2.35. The molecular weight excluding hydrogens is 697 g/mol. The zero-order chi connectivity index (χ0) is 40.1. The number of aliphatic hydroxyl groups excluding tert-OH is 2. The van der Waals surface area contributed by atoms with Crippen molar-refractivity contribution >= 4 is 11.8 Å². The van der Waals surface area contributed by atoms with Gasteiger partial charge in [0.1, 0.15) is 0 Å². The van der Waals surface area contributed by atoms with E-state index in [9.17, 15) is 19.8 Å². The molecule has 56 heavy (non-hydrogen) atoms. The van der Waals surface area contributed by atoms with Gasteiger partial charge in [-0.15, -0.1) is 0 Å². The summed E-state index contributed by atoms with van der Waals surface area (Å²) >= 11 is 0. The number of amides is 2. The Morgan fingerprint density at radius 3 is 1.77 bits per heavy atom. The summed E-state index contributed by atoms with van der Waals surface area (Å²) in [6.45, 7) is 11.4. The van der Waals surface area contributed by atoms with Gasteiger partial charge in [-0.1, -0.05) is 128 Å². The molecule has 294 valence electrons. The fraction of sp³-hybridized carbons (Fsp3) is 0.347. The predicted octanol–water partition coefficient (Wildman–Crippen LogP) is 8.75. The van der Waals surface area contributed by atoms with Gasteiger partial charge in [0.15, 0.2) is 0 Å². The first kappa shape index (κ1) is 42.1. The van der Waals surface area contributed by atoms with Crippen molar-refractivity contribution in [3.05, 3.63) is 178 Å². The van der Waals surface area contributed by atoms with Gasteiger partial charge in [0.25, 0.3) is 11.8 Å². The van der Waals surface area contributed by atoms with Crippen molar-refractivity contribution in [2.45, 2.75) is 84.1 Å². The molecule has 0 aliphatic carbocycles. The van der Waals surface area contributed by atoms with Crippen LogP contribution in [0.3, 0.4) is 0 Å². The Morgan fingerprint density at radius 1 is 0.643 bits per heavy atom. The molecule has 2 amide bonds. The molecule has 5 aromatic rings. The summed E-state index contributed by atoms with van der Waals surface area (Å²) < 4.78 is 6.08. The SMILES string of the molecule is CCc1ccc(CC(O)CCc2ccccc2C(=O)N(CCOCc2ccccc2)C(C)(C)c2ccccc2)c(C(=O)N(CCO)C(C)(C)c2ccccc2)c1. The van der Waals surface area contributed by atoms with Crippen molar-refractivity contribution in [2.75, 3.05) is 26.3 Å². The van der Waals surface area contributed by atoms with E-state index in [0.717, 1.165) is 39.8 Å². The van der Waals surface area contributed by atoms with Crippen molar-refractivity contribution in [2.24, 2.45) is 0 Å². The van der Waals surface area contributed by atoms with Gasteiger partial charge in [0.2, 0.25) is 0 Å². The first-order valence-corrected chi connectivity index (χ1v) is 19.8. The van der Waals surface area contributed by atoms with Crippen LogP contribution in [0, 0.1) is 0 Å². The lowest BCUT2D eigenvalue weighted by Gasteiger charge is -2.39. The molecule has 0 radical (unpaired) electrons. The van der Waals surface area contributed by atoms with Gasteiger partial charge in [-0.3, -0.25) is 9.59 Å². The molecule has 5 aromatic carbocycles. The lowest BCUT2D eigenvalue weighted by atomic mass is 9.89. The summed E-state index contributed by atoms with van der Waals surface area (Å²) in [5.41, 5.74) is 5.50. The molecule has 1 atom stereocenters. The molecule has 7 heteroatoms. The Hall–Kier alpha value is -5.08. The fourth-order valence-corrected chi connectivity index (χ4v) is 7.43. The Labute approximate surface area is 333 Å². The molecular formula is C49H58N2O5. The third kappa shape index (κ3) is 10.4. The van der Waals surface area contributed by atoms with Crippen LogP contribution in [0.25, 0.3) is 0 Å². The Morgan fingerprint density at radius 2 is 1.18 bits per heavy atom. The van der Waals surface area contributed by atoms with Gasteiger partial charge < -0.3 is 24.7 Å². The number of carbonyl (C=O) groups is 2. The van der Waals surface area contributed by atoms with Gasteiger partial charge in [-0.25, -0.2) is 0 Å². The number of aryl methyl sites for hydroxylation is 2. The molecule has 0 heterocycles. The van der Waals surface area contributed by atoms with E-state index >= 15 is 0 Å². The standard InChI is InChI=1S/C49H58N2O5/c1-6-37-26-27-40(45(34-37)47(55)50(30-32-52)48(2,3)41-21-12-8-13-22-41)35-43(53)29-28-39-20-16-17-25-44(39)46(54)51(49(4,5)42-23-14-9-15-24-42)31-33-56-36-38-18-10-7-11-19-38/h7-27,34,43,52-53H,6,28-33,35-36H2,1-5H3. The van der Waals surface area contributed by atoms with Crippen LogP contribution in [-0.2, 0) is 41.7 Å². The highest BCUT2D eigenvalue weighted by molar-refractivity contribution is 5.97. The predicted molar refractivity (Wildman–Crippen MR) is 224 cm³/mol. The van der Waals surface area contributed by atoms with E-state index in [1.54, 1.807) is 4.90 Å². The lowest BCUT2D eigenvalue weighted by molar-refractivity contribution is 0.0351. The molecule has 0 aromatic heterocycles. The van der Waals surface area contributed by atoms with Crippen LogP contribution in [0.2, 0.25) is 0 Å². The summed E-state index contributed by atoms with van der Waals surface area (Å²) in [5.74, 6) is -0.282. The second kappa shape index (κ2) is 19.7. The average molecular weight is 755 g/mol. The molecule has 2 N–H and O–H groups in total. The van der Waals surface area contributed by atoms with E-state index in [0.29, 0.717) is 43.7 Å². The number of hydrogen-bond donors (Lipinski definition) is 2. The van der Waals surface area contributed by atoms with E-state index in [1.165, 1.54) is 0 Å². The monoisotopic (exact) mass is 754 g/mol. The maximum absolute atomic E-state index is 14.6. The summed E-state index contributed by atoms with van der Waals surface area (Å²) in [4.78, 5) is 32.7. The third-order valence-corrected chi connectivity index (χ3v) is 11.0. The lowest BCUT2D eigenvalue weighted by Crippen LogP contribution is -2.47. The molecule has 1 unspecified atom stereocenters. The normalized spacial score (nSPS) is 12.3. The summed E-state index contributed by atoms with van der Waals surface area (Å²) in [7, 11) is 0. The Balaban J connectivity index is 1.34. The zero-order valence-corrected chi connectivity index (χ0v) is 33.7. The van der Waals surface area contributed by atoms with Crippen LogP contribution >= 0.6 is 0 Å². The van der Waals surface area contributed by atoms with Crippen LogP contribution in [0.1, 0.15) is 95.1 Å². The number of nitrogens with zero attached hydrogens (tertiary/aromatic N) is 2. The number of benzene rings is 5. The first-order chi connectivity index (χ1) is 27.0. The van der Waals surface area contributed by atoms with Crippen LogP contribution in [0.4, 0.5) is 0 Å². The number of rotatable bonds is 19. The van der Waals surface area contributed by atoms with Gasteiger partial charge >= 0.3 is 0 Å². The topological polar surface area (TPSA) is 90.3 Å². The quantitative estimate of drug-likeness (QED) is 0.0824. The van der Waals surface area contributed by atoms with E-state index in [-0.39, 0.29) is 31.4 Å². The van der Waals surface area contributed by atoms with Crippen LogP contribution < -0.4 is 0 Å². The molecule has 0 saturated carbocycles. The molecule has 0 aliphatic heterocycles. The molecule has 5 rings (SSSR count). The van der Waals surface area contributed by atoms with E-state index in [4.69, 9.17) is 4.74 Å². The minimum absolute atomic E-state index is 0.0969. The number of hydrogen-bond acceptors (Lipinski definition) is 5. The Kier molecular flexibility index (Phi) is 14.8. The summed E-state index contributed by atoms with van der Waals surface area (Å²) in [6.07, 6.45) is 1.13. The highest BCUT2D eigenvalue weighted by Crippen LogP contribution is 2.32. The van der Waals surface area contributed by atoms with Gasteiger partial charge in [0.05, 0.1) is 37.0 Å². The number of ether oxygens (including phenoxy) is 1. The van der Waals surface area contributed by atoms with Crippen molar-refractivity contribution < 1.29 is 24.5 Å². The maximum atomic E-state index is 14.6. The van der Waals surface area contributed by atoms with E-state index in [2.05, 4.69) is 20.8 Å². The minimum Gasteiger partial charge on any atom is -0.395 e. The van der Waals surface area contributed by atoms with E-state index < -0.39 is 17.2 Å². The van der Waals surface area contributed by atoms with Crippen molar-refractivity contribution in [1.29, 1.82) is 0 Å². The van der Waals surface area contributed by atoms with Crippen molar-refractivity contribution in [1.82, 2.24) is 9.80 Å². The smallest absolute Gasteiger partial charge is 0.254 e. The second-order valence-electron chi connectivity index (χ2n) is 15.4. The molecule has 0 fully saturated rings. The first-order valence-electron chi connectivity index (χ1n) is 19.8. The molecule has 7 nitrogen and oxygen atoms in total. The average Bonchev–Trinajstić information content (AvgIpc) is 3.22. The molecule has 0 saturated heterocycles. The highest BCUT2D eigenvalue weighted by atomic mass is 16.5. The van der Waals surface area contributed by atoms with E-state index in [1.807, 2.05) is 152 Å². The third-order valence-electron chi connectivity index (χ3n) is 11.0. The van der Waals surface area contributed by atoms with Crippen molar-refractivity contribution in [3.8, 4) is 0 Å². The zero-order valence-electron chi connectivity index (χ0n) is 33.7. The number of aliphatic hydroxyl groups is 2. The molecule has 0 spiro atoms. The summed E-state index contributed by atoms with van der Waals surface area (Å²) in [6, 6.07) is 43.4.